The number of hydrogen-bond donors (Lipinski definition) is 0. The Kier molecular flexibility index (Phi) is 6.81. The molecule has 2 rings (SSSR count). The molecule has 0 saturated heterocycles. The zero-order chi connectivity index (χ0) is 12.7. The second kappa shape index (κ2) is 7.28. The Labute approximate surface area is 104 Å². The molecule has 0 amide bonds. The smallest absolute Gasteiger partial charge is 0.408 e. The van der Waals surface area contributed by atoms with Crippen molar-refractivity contribution in [3.63, 3.8) is 0 Å². The molecule has 0 unspecified atom stereocenters. The molecule has 3 nitrogen and oxygen atoms in total. The molecule has 90 valence electrons. The molecule has 0 radical (unpaired) electrons. The van der Waals surface area contributed by atoms with Gasteiger partial charge in [-0.1, -0.05) is 43.6 Å². The lowest BCUT2D eigenvalue weighted by atomic mass is 10.3. The Morgan fingerprint density at radius 2 is 1.75 bits per heavy atom. The van der Waals surface area contributed by atoms with Crippen LogP contribution in [0.25, 0.3) is 11.1 Å². The van der Waals surface area contributed by atoms with E-state index in [2.05, 4.69) is 15.9 Å². The van der Waals surface area contributed by atoms with Crippen LogP contribution in [-0.4, -0.2) is 4.57 Å². The number of aromatic nitrogens is 1. The third kappa shape index (κ3) is 3.23. The molecule has 16 heavy (non-hydrogen) atoms. The number of oxazole rings is 1. The normalized spacial score (nSPS) is 8.88. The molecule has 4 heteroatoms. The predicted octanol–water partition coefficient (Wildman–Crippen LogP) is 3.95. The van der Waals surface area contributed by atoms with E-state index in [4.69, 9.17) is 4.42 Å². The Balaban J connectivity index is 0.000000509. The van der Waals surface area contributed by atoms with Crippen molar-refractivity contribution in [1.82, 2.24) is 4.57 Å². The summed E-state index contributed by atoms with van der Waals surface area (Å²) in [5.41, 5.74) is 1.42. The quantitative estimate of drug-likeness (QED) is 0.735. The van der Waals surface area contributed by atoms with E-state index < -0.39 is 0 Å². The van der Waals surface area contributed by atoms with E-state index in [1.807, 2.05) is 39.8 Å². The van der Waals surface area contributed by atoms with E-state index in [1.54, 1.807) is 13.1 Å². The average Bonchev–Trinajstić information content (AvgIpc) is 2.61. The van der Waals surface area contributed by atoms with E-state index in [1.165, 1.54) is 4.57 Å². The summed E-state index contributed by atoms with van der Waals surface area (Å²) in [5, 5.41) is 0. The second-order valence-corrected chi connectivity index (χ2v) is 3.45. The van der Waals surface area contributed by atoms with Gasteiger partial charge in [-0.15, -0.1) is 0 Å². The monoisotopic (exact) mass is 287 g/mol. The minimum Gasteiger partial charge on any atom is -0.408 e. The number of benzene rings is 1. The summed E-state index contributed by atoms with van der Waals surface area (Å²) in [6.07, 6.45) is 0. The van der Waals surface area contributed by atoms with Gasteiger partial charge in [-0.05, 0) is 18.2 Å². The molecule has 0 aliphatic carbocycles. The van der Waals surface area contributed by atoms with Crippen LogP contribution >= 0.6 is 15.9 Å². The zero-order valence-electron chi connectivity index (χ0n) is 10.4. The lowest BCUT2D eigenvalue weighted by Gasteiger charge is -1.91. The third-order valence-electron chi connectivity index (χ3n) is 1.75. The Hall–Kier alpha value is -1.03. The van der Waals surface area contributed by atoms with Gasteiger partial charge in [0.2, 0.25) is 0 Å². The molecule has 0 bridgehead atoms. The van der Waals surface area contributed by atoms with Crippen LogP contribution < -0.4 is 5.76 Å². The van der Waals surface area contributed by atoms with E-state index in [0.29, 0.717) is 5.58 Å². The number of nitrogens with zero attached hydrogens (tertiary/aromatic N) is 1. The molecule has 1 heterocycles. The highest BCUT2D eigenvalue weighted by Gasteiger charge is 2.04. The number of aryl methyl sites for hydroxylation is 1. The van der Waals surface area contributed by atoms with E-state index in [-0.39, 0.29) is 5.76 Å². The van der Waals surface area contributed by atoms with Gasteiger partial charge in [-0.25, -0.2) is 4.79 Å². The summed E-state index contributed by atoms with van der Waals surface area (Å²) in [6, 6.07) is 5.45. The number of fused-ring (bicyclic) bond motifs is 1. The fourth-order valence-electron chi connectivity index (χ4n) is 1.10. The molecule has 0 saturated carbocycles. The van der Waals surface area contributed by atoms with Crippen LogP contribution in [0.15, 0.2) is 31.9 Å². The van der Waals surface area contributed by atoms with Gasteiger partial charge in [0.25, 0.3) is 0 Å². The van der Waals surface area contributed by atoms with Crippen molar-refractivity contribution in [1.29, 1.82) is 0 Å². The van der Waals surface area contributed by atoms with Crippen LogP contribution in [0.4, 0.5) is 0 Å². The number of hydrogen-bond acceptors (Lipinski definition) is 2. The highest BCUT2D eigenvalue weighted by atomic mass is 79.9. The zero-order valence-corrected chi connectivity index (χ0v) is 12.0. The first kappa shape index (κ1) is 15.0. The van der Waals surface area contributed by atoms with Crippen LogP contribution in [0.5, 0.6) is 0 Å². The van der Waals surface area contributed by atoms with Gasteiger partial charge < -0.3 is 4.42 Å². The highest BCUT2D eigenvalue weighted by molar-refractivity contribution is 9.10. The van der Waals surface area contributed by atoms with Crippen LogP contribution in [0.2, 0.25) is 0 Å². The Morgan fingerprint density at radius 3 is 2.31 bits per heavy atom. The van der Waals surface area contributed by atoms with Gasteiger partial charge in [0, 0.05) is 11.5 Å². The molecular weight excluding hydrogens is 270 g/mol. The minimum absolute atomic E-state index is 0.330. The van der Waals surface area contributed by atoms with Gasteiger partial charge in [-0.3, -0.25) is 4.57 Å². The maximum Gasteiger partial charge on any atom is 0.419 e. The van der Waals surface area contributed by atoms with Crippen LogP contribution in [0.3, 0.4) is 0 Å². The summed E-state index contributed by atoms with van der Waals surface area (Å²) in [5.74, 6) is -0.330. The number of halogens is 1. The SMILES string of the molecule is CC.CC.Cn1c(=O)oc2ccc(Br)cc21. The molecule has 0 aliphatic heterocycles. The first-order chi connectivity index (χ1) is 7.68. The van der Waals surface area contributed by atoms with Crippen molar-refractivity contribution < 1.29 is 4.42 Å². The summed E-state index contributed by atoms with van der Waals surface area (Å²) >= 11 is 3.32. The molecule has 1 aromatic heterocycles. The van der Waals surface area contributed by atoms with Crippen molar-refractivity contribution in [3.05, 3.63) is 33.2 Å². The van der Waals surface area contributed by atoms with Crippen molar-refractivity contribution in [2.75, 3.05) is 0 Å². The van der Waals surface area contributed by atoms with E-state index in [0.717, 1.165) is 9.99 Å². The molecular formula is C12H18BrNO2. The van der Waals surface area contributed by atoms with Crippen LogP contribution in [-0.2, 0) is 7.05 Å². The van der Waals surface area contributed by atoms with Gasteiger partial charge in [0.1, 0.15) is 0 Å². The van der Waals surface area contributed by atoms with E-state index in [9.17, 15) is 4.79 Å². The van der Waals surface area contributed by atoms with Crippen molar-refractivity contribution in [2.24, 2.45) is 7.05 Å². The summed E-state index contributed by atoms with van der Waals surface area (Å²) in [7, 11) is 1.68. The van der Waals surface area contributed by atoms with Gasteiger partial charge >= 0.3 is 5.76 Å². The molecule has 0 N–H and O–H groups in total. The summed E-state index contributed by atoms with van der Waals surface area (Å²) in [4.78, 5) is 11.0. The lowest BCUT2D eigenvalue weighted by Crippen LogP contribution is -2.08. The third-order valence-corrected chi connectivity index (χ3v) is 2.25. The molecule has 1 aromatic carbocycles. The maximum atomic E-state index is 11.0. The van der Waals surface area contributed by atoms with Crippen LogP contribution in [0.1, 0.15) is 27.7 Å². The standard InChI is InChI=1S/C8H6BrNO2.2C2H6/c1-10-6-4-5(9)2-3-7(6)12-8(10)11;2*1-2/h2-4H,1H3;2*1-2H3. The number of rotatable bonds is 0. The largest absolute Gasteiger partial charge is 0.419 e. The molecule has 0 atom stereocenters. The van der Waals surface area contributed by atoms with Gasteiger partial charge in [0.05, 0.1) is 5.52 Å². The molecule has 0 aliphatic rings. The van der Waals surface area contributed by atoms with Gasteiger partial charge in [-0.2, -0.15) is 0 Å². The Morgan fingerprint density at radius 1 is 1.19 bits per heavy atom. The average molecular weight is 288 g/mol. The predicted molar refractivity (Wildman–Crippen MR) is 71.9 cm³/mol. The second-order valence-electron chi connectivity index (χ2n) is 2.54. The first-order valence-electron chi connectivity index (χ1n) is 5.43. The highest BCUT2D eigenvalue weighted by Crippen LogP contribution is 2.17. The molecule has 0 fully saturated rings. The topological polar surface area (TPSA) is 35.1 Å². The Bertz CT molecular complexity index is 485. The molecule has 2 aromatic rings. The maximum absolute atomic E-state index is 11.0. The summed E-state index contributed by atoms with van der Waals surface area (Å²) in [6.45, 7) is 8.00. The minimum atomic E-state index is -0.330. The fraction of sp³-hybridized carbons (Fsp3) is 0.417. The van der Waals surface area contributed by atoms with Crippen molar-refractivity contribution >= 4 is 27.0 Å². The fourth-order valence-corrected chi connectivity index (χ4v) is 1.45. The molecule has 0 spiro atoms. The van der Waals surface area contributed by atoms with Crippen molar-refractivity contribution in [2.45, 2.75) is 27.7 Å². The van der Waals surface area contributed by atoms with E-state index >= 15 is 0 Å². The first-order valence-corrected chi connectivity index (χ1v) is 6.23. The van der Waals surface area contributed by atoms with Crippen LogP contribution in [0, 0.1) is 0 Å². The summed E-state index contributed by atoms with van der Waals surface area (Å²) < 4.78 is 7.35. The lowest BCUT2D eigenvalue weighted by molar-refractivity contribution is 0.528. The van der Waals surface area contributed by atoms with Gasteiger partial charge in [0.15, 0.2) is 5.58 Å². The van der Waals surface area contributed by atoms with Crippen molar-refractivity contribution in [3.8, 4) is 0 Å².